The minimum Gasteiger partial charge on any atom is -0.480 e. The Morgan fingerprint density at radius 3 is 2.71 bits per heavy atom. The molecule has 1 amide bonds. The maximum Gasteiger partial charge on any atom is 0.329 e. The Morgan fingerprint density at radius 2 is 2.12 bits per heavy atom. The second-order valence-corrected chi connectivity index (χ2v) is 5.14. The van der Waals surface area contributed by atoms with Gasteiger partial charge in [-0.2, -0.15) is 11.8 Å². The predicted molar refractivity (Wildman–Crippen MR) is 68.2 cm³/mol. The van der Waals surface area contributed by atoms with E-state index < -0.39 is 5.97 Å². The van der Waals surface area contributed by atoms with Crippen molar-refractivity contribution in [3.05, 3.63) is 0 Å². The van der Waals surface area contributed by atoms with Gasteiger partial charge in [0.1, 0.15) is 6.61 Å². The molecule has 0 saturated carbocycles. The Morgan fingerprint density at radius 1 is 1.41 bits per heavy atom. The average molecular weight is 263 g/mol. The second-order valence-electron chi connectivity index (χ2n) is 4.03. The fourth-order valence-corrected chi connectivity index (χ4v) is 2.03. The van der Waals surface area contributed by atoms with Gasteiger partial charge in [0.05, 0.1) is 12.4 Å². The maximum atomic E-state index is 11.3. The van der Waals surface area contributed by atoms with Gasteiger partial charge in [-0.05, 0) is 18.1 Å². The van der Waals surface area contributed by atoms with Gasteiger partial charge in [-0.15, -0.1) is 0 Å². The topological polar surface area (TPSA) is 75.6 Å². The number of carboxylic acid groups (broad SMARTS) is 1. The third kappa shape index (κ3) is 13.2. The fourth-order valence-electron chi connectivity index (χ4n) is 0.957. The summed E-state index contributed by atoms with van der Waals surface area (Å²) in [5.41, 5.74) is 0. The Kier molecular flexibility index (Phi) is 9.95. The molecule has 0 aromatic carbocycles. The van der Waals surface area contributed by atoms with Crippen LogP contribution in [0.4, 0.5) is 0 Å². The van der Waals surface area contributed by atoms with Gasteiger partial charge in [-0.25, -0.2) is 4.79 Å². The SMILES string of the molecule is CC(C)CCSCC(=O)NCCOCC(=O)O. The van der Waals surface area contributed by atoms with E-state index >= 15 is 0 Å². The molecule has 0 aromatic heterocycles. The van der Waals surface area contributed by atoms with Crippen LogP contribution in [0.5, 0.6) is 0 Å². The quantitative estimate of drug-likeness (QED) is 0.575. The number of nitrogens with one attached hydrogen (secondary N) is 1. The van der Waals surface area contributed by atoms with Gasteiger partial charge in [0.15, 0.2) is 0 Å². The summed E-state index contributed by atoms with van der Waals surface area (Å²) in [6, 6.07) is 0. The summed E-state index contributed by atoms with van der Waals surface area (Å²) in [7, 11) is 0. The summed E-state index contributed by atoms with van der Waals surface area (Å²) in [6.45, 7) is 4.57. The Balaban J connectivity index is 3.26. The van der Waals surface area contributed by atoms with Crippen LogP contribution >= 0.6 is 11.8 Å². The summed E-state index contributed by atoms with van der Waals surface area (Å²) in [5.74, 6) is 1.07. The zero-order valence-electron chi connectivity index (χ0n) is 10.4. The standard InChI is InChI=1S/C11H21NO4S/c1-9(2)3-6-17-8-10(13)12-4-5-16-7-11(14)15/h9H,3-8H2,1-2H3,(H,12,13)(H,14,15). The van der Waals surface area contributed by atoms with Crippen LogP contribution in [-0.2, 0) is 14.3 Å². The van der Waals surface area contributed by atoms with Crippen molar-refractivity contribution in [3.63, 3.8) is 0 Å². The number of carbonyl (C=O) groups is 2. The lowest BCUT2D eigenvalue weighted by Crippen LogP contribution is -2.29. The van der Waals surface area contributed by atoms with Crippen LogP contribution in [0.15, 0.2) is 0 Å². The Bertz CT molecular complexity index is 234. The van der Waals surface area contributed by atoms with Gasteiger partial charge in [-0.1, -0.05) is 13.8 Å². The number of hydrogen-bond donors (Lipinski definition) is 2. The summed E-state index contributed by atoms with van der Waals surface area (Å²) >= 11 is 1.61. The zero-order chi connectivity index (χ0) is 13.1. The smallest absolute Gasteiger partial charge is 0.329 e. The molecular formula is C11H21NO4S. The van der Waals surface area contributed by atoms with Crippen LogP contribution in [0, 0.1) is 5.92 Å². The molecule has 100 valence electrons. The van der Waals surface area contributed by atoms with E-state index in [0.717, 1.165) is 12.2 Å². The van der Waals surface area contributed by atoms with Crippen molar-refractivity contribution < 1.29 is 19.4 Å². The van der Waals surface area contributed by atoms with Crippen LogP contribution in [0.25, 0.3) is 0 Å². The lowest BCUT2D eigenvalue weighted by Gasteiger charge is -2.06. The van der Waals surface area contributed by atoms with E-state index in [9.17, 15) is 9.59 Å². The number of aliphatic carboxylic acids is 1. The maximum absolute atomic E-state index is 11.3. The molecule has 6 heteroatoms. The van der Waals surface area contributed by atoms with Gasteiger partial charge in [-0.3, -0.25) is 4.79 Å². The molecule has 2 N–H and O–H groups in total. The van der Waals surface area contributed by atoms with E-state index in [1.54, 1.807) is 11.8 Å². The van der Waals surface area contributed by atoms with E-state index in [2.05, 4.69) is 19.2 Å². The molecule has 0 aliphatic rings. The van der Waals surface area contributed by atoms with Crippen molar-refractivity contribution in [2.75, 3.05) is 31.3 Å². The third-order valence-electron chi connectivity index (χ3n) is 1.87. The first kappa shape index (κ1) is 16.2. The number of hydrogen-bond acceptors (Lipinski definition) is 4. The first-order valence-electron chi connectivity index (χ1n) is 5.66. The highest BCUT2D eigenvalue weighted by atomic mass is 32.2. The van der Waals surface area contributed by atoms with E-state index in [4.69, 9.17) is 9.84 Å². The lowest BCUT2D eigenvalue weighted by atomic mass is 10.2. The van der Waals surface area contributed by atoms with Crippen molar-refractivity contribution in [2.45, 2.75) is 20.3 Å². The summed E-state index contributed by atoms with van der Waals surface area (Å²) < 4.78 is 4.78. The van der Waals surface area contributed by atoms with Crippen LogP contribution in [0.2, 0.25) is 0 Å². The number of carbonyl (C=O) groups excluding carboxylic acids is 1. The van der Waals surface area contributed by atoms with Gasteiger partial charge in [0.25, 0.3) is 0 Å². The summed E-state index contributed by atoms with van der Waals surface area (Å²) in [5, 5.41) is 11.0. The zero-order valence-corrected chi connectivity index (χ0v) is 11.2. The van der Waals surface area contributed by atoms with Crippen molar-refractivity contribution >= 4 is 23.6 Å². The minimum atomic E-state index is -0.999. The van der Waals surface area contributed by atoms with E-state index in [1.807, 2.05) is 0 Å². The minimum absolute atomic E-state index is 0.0299. The summed E-state index contributed by atoms with van der Waals surface area (Å²) in [4.78, 5) is 21.4. The van der Waals surface area contributed by atoms with Crippen molar-refractivity contribution in [1.82, 2.24) is 5.32 Å². The van der Waals surface area contributed by atoms with E-state index in [0.29, 0.717) is 18.2 Å². The van der Waals surface area contributed by atoms with Gasteiger partial charge >= 0.3 is 5.97 Å². The monoisotopic (exact) mass is 263 g/mol. The van der Waals surface area contributed by atoms with Crippen LogP contribution in [0.3, 0.4) is 0 Å². The first-order valence-corrected chi connectivity index (χ1v) is 6.81. The molecule has 0 radical (unpaired) electrons. The molecular weight excluding hydrogens is 242 g/mol. The highest BCUT2D eigenvalue weighted by Crippen LogP contribution is 2.07. The number of amides is 1. The molecule has 0 bridgehead atoms. The molecule has 0 spiro atoms. The van der Waals surface area contributed by atoms with Crippen molar-refractivity contribution in [1.29, 1.82) is 0 Å². The van der Waals surface area contributed by atoms with E-state index in [-0.39, 0.29) is 19.1 Å². The first-order chi connectivity index (χ1) is 8.02. The number of ether oxygens (including phenoxy) is 1. The number of thioether (sulfide) groups is 1. The van der Waals surface area contributed by atoms with E-state index in [1.165, 1.54) is 0 Å². The van der Waals surface area contributed by atoms with Gasteiger partial charge < -0.3 is 15.2 Å². The van der Waals surface area contributed by atoms with Crippen molar-refractivity contribution in [2.24, 2.45) is 5.92 Å². The molecule has 0 saturated heterocycles. The Hall–Kier alpha value is -0.750. The molecule has 0 fully saturated rings. The third-order valence-corrected chi connectivity index (χ3v) is 2.86. The normalized spacial score (nSPS) is 10.5. The van der Waals surface area contributed by atoms with Crippen LogP contribution in [-0.4, -0.2) is 48.2 Å². The predicted octanol–water partition coefficient (Wildman–Crippen LogP) is 0.983. The molecule has 0 atom stereocenters. The highest BCUT2D eigenvalue weighted by Gasteiger charge is 2.02. The second kappa shape index (κ2) is 10.4. The van der Waals surface area contributed by atoms with Crippen LogP contribution < -0.4 is 5.32 Å². The van der Waals surface area contributed by atoms with Crippen molar-refractivity contribution in [3.8, 4) is 0 Å². The Labute approximate surface area is 106 Å². The van der Waals surface area contributed by atoms with Gasteiger partial charge in [0, 0.05) is 6.54 Å². The molecule has 0 aromatic rings. The lowest BCUT2D eigenvalue weighted by molar-refractivity contribution is -0.142. The number of carboxylic acids is 1. The molecule has 0 aliphatic carbocycles. The molecule has 17 heavy (non-hydrogen) atoms. The summed E-state index contributed by atoms with van der Waals surface area (Å²) in [6.07, 6.45) is 1.11. The molecule has 0 aliphatic heterocycles. The average Bonchev–Trinajstić information content (AvgIpc) is 2.23. The molecule has 0 heterocycles. The van der Waals surface area contributed by atoms with Crippen LogP contribution in [0.1, 0.15) is 20.3 Å². The van der Waals surface area contributed by atoms with Gasteiger partial charge in [0.2, 0.25) is 5.91 Å². The number of rotatable bonds is 10. The molecule has 0 unspecified atom stereocenters. The fraction of sp³-hybridized carbons (Fsp3) is 0.818. The molecule has 5 nitrogen and oxygen atoms in total. The highest BCUT2D eigenvalue weighted by molar-refractivity contribution is 7.99. The largest absolute Gasteiger partial charge is 0.480 e. The molecule has 0 rings (SSSR count).